The highest BCUT2D eigenvalue weighted by atomic mass is 16.5. The number of rotatable bonds is 3. The molecule has 0 fully saturated rings. The van der Waals surface area contributed by atoms with Gasteiger partial charge < -0.3 is 4.74 Å². The Bertz CT molecular complexity index is 2650. The Kier molecular flexibility index (Phi) is 5.64. The zero-order valence-electron chi connectivity index (χ0n) is 25.6. The molecule has 0 atom stereocenters. The van der Waals surface area contributed by atoms with Gasteiger partial charge in [-0.1, -0.05) is 146 Å². The molecule has 10 rings (SSSR count). The quantitative estimate of drug-likeness (QED) is 0.184. The van der Waals surface area contributed by atoms with Crippen LogP contribution in [0, 0.1) is 0 Å². The number of fused-ring (bicyclic) bond motifs is 5. The standard InChI is InChI=1S/C46H28O/c1-2-16-32-29(12-1)13-10-22-33(32)30-14-9-15-31(28-30)44-36-18-3-5-20-38(36)45(39-21-6-4-19-37(39)44)41-26-27-43-46-35(23-11-24-40(41)46)34-17-7-8-25-42(34)47-43/h1-28H. The smallest absolute Gasteiger partial charge is 0.135 e. The fourth-order valence-corrected chi connectivity index (χ4v) is 7.85. The Labute approximate surface area is 272 Å². The molecule has 1 heteroatoms. The van der Waals surface area contributed by atoms with Crippen molar-refractivity contribution in [3.8, 4) is 56.0 Å². The van der Waals surface area contributed by atoms with Gasteiger partial charge in [-0.15, -0.1) is 0 Å². The molecule has 9 aromatic carbocycles. The van der Waals surface area contributed by atoms with Gasteiger partial charge in [-0.2, -0.15) is 0 Å². The first-order valence-electron chi connectivity index (χ1n) is 16.2. The van der Waals surface area contributed by atoms with Gasteiger partial charge in [0.2, 0.25) is 0 Å². The minimum Gasteiger partial charge on any atom is -0.456 e. The highest BCUT2D eigenvalue weighted by molar-refractivity contribution is 6.24. The van der Waals surface area contributed by atoms with Gasteiger partial charge in [0.05, 0.1) is 0 Å². The maximum absolute atomic E-state index is 6.47. The molecular formula is C46H28O. The van der Waals surface area contributed by atoms with Crippen molar-refractivity contribution in [2.24, 2.45) is 0 Å². The van der Waals surface area contributed by atoms with Crippen LogP contribution in [-0.4, -0.2) is 0 Å². The van der Waals surface area contributed by atoms with Gasteiger partial charge in [0.25, 0.3) is 0 Å². The molecule has 0 spiro atoms. The molecule has 0 saturated heterocycles. The van der Waals surface area contributed by atoms with Crippen LogP contribution in [0.2, 0.25) is 0 Å². The molecule has 0 aromatic heterocycles. The lowest BCUT2D eigenvalue weighted by molar-refractivity contribution is 0.487. The minimum atomic E-state index is 0.909. The second kappa shape index (κ2) is 10.2. The van der Waals surface area contributed by atoms with Crippen molar-refractivity contribution in [2.75, 3.05) is 0 Å². The van der Waals surface area contributed by atoms with Crippen LogP contribution in [0.15, 0.2) is 170 Å². The van der Waals surface area contributed by atoms with E-state index in [9.17, 15) is 0 Å². The summed E-state index contributed by atoms with van der Waals surface area (Å²) >= 11 is 0. The monoisotopic (exact) mass is 596 g/mol. The van der Waals surface area contributed by atoms with Crippen LogP contribution in [0.5, 0.6) is 11.5 Å². The first kappa shape index (κ1) is 26.1. The Morgan fingerprint density at radius 2 is 0.851 bits per heavy atom. The topological polar surface area (TPSA) is 9.23 Å². The summed E-state index contributed by atoms with van der Waals surface area (Å²) in [4.78, 5) is 0. The van der Waals surface area contributed by atoms with E-state index in [4.69, 9.17) is 4.74 Å². The largest absolute Gasteiger partial charge is 0.456 e. The molecule has 1 nitrogen and oxygen atoms in total. The third kappa shape index (κ3) is 3.90. The van der Waals surface area contributed by atoms with Gasteiger partial charge in [0.15, 0.2) is 0 Å². The van der Waals surface area contributed by atoms with Crippen LogP contribution in [0.3, 0.4) is 0 Å². The van der Waals surface area contributed by atoms with Crippen molar-refractivity contribution >= 4 is 43.1 Å². The predicted molar refractivity (Wildman–Crippen MR) is 198 cm³/mol. The Balaban J connectivity index is 1.26. The number of hydrogen-bond donors (Lipinski definition) is 0. The second-order valence-corrected chi connectivity index (χ2v) is 12.4. The molecule has 0 radical (unpaired) electrons. The Morgan fingerprint density at radius 3 is 1.66 bits per heavy atom. The third-order valence-corrected chi connectivity index (χ3v) is 9.85. The first-order valence-corrected chi connectivity index (χ1v) is 16.2. The van der Waals surface area contributed by atoms with Gasteiger partial charge in [0.1, 0.15) is 11.5 Å². The minimum absolute atomic E-state index is 0.909. The molecule has 218 valence electrons. The van der Waals surface area contributed by atoms with Crippen LogP contribution in [0.25, 0.3) is 87.6 Å². The van der Waals surface area contributed by atoms with E-state index in [0.717, 1.165) is 17.1 Å². The maximum Gasteiger partial charge on any atom is 0.135 e. The van der Waals surface area contributed by atoms with Gasteiger partial charge >= 0.3 is 0 Å². The van der Waals surface area contributed by atoms with Crippen LogP contribution in [0.1, 0.15) is 0 Å². The summed E-state index contributed by atoms with van der Waals surface area (Å²) in [5.74, 6) is 1.82. The first-order chi connectivity index (χ1) is 23.3. The van der Waals surface area contributed by atoms with Gasteiger partial charge in [-0.25, -0.2) is 0 Å². The van der Waals surface area contributed by atoms with Crippen molar-refractivity contribution in [1.29, 1.82) is 0 Å². The van der Waals surface area contributed by atoms with E-state index in [1.165, 1.54) is 82.0 Å². The van der Waals surface area contributed by atoms with Crippen molar-refractivity contribution in [1.82, 2.24) is 0 Å². The summed E-state index contributed by atoms with van der Waals surface area (Å²) in [5.41, 5.74) is 9.79. The molecule has 0 aliphatic carbocycles. The summed E-state index contributed by atoms with van der Waals surface area (Å²) in [7, 11) is 0. The summed E-state index contributed by atoms with van der Waals surface area (Å²) in [6.07, 6.45) is 0. The van der Waals surface area contributed by atoms with E-state index < -0.39 is 0 Å². The van der Waals surface area contributed by atoms with Gasteiger partial charge in [-0.05, 0) is 101 Å². The van der Waals surface area contributed by atoms with E-state index in [0.29, 0.717) is 0 Å². The fourth-order valence-electron chi connectivity index (χ4n) is 7.85. The summed E-state index contributed by atoms with van der Waals surface area (Å²) < 4.78 is 6.47. The van der Waals surface area contributed by atoms with E-state index in [-0.39, 0.29) is 0 Å². The molecule has 0 unspecified atom stereocenters. The van der Waals surface area contributed by atoms with Crippen LogP contribution >= 0.6 is 0 Å². The van der Waals surface area contributed by atoms with Crippen LogP contribution < -0.4 is 4.74 Å². The molecular weight excluding hydrogens is 569 g/mol. The fraction of sp³-hybridized carbons (Fsp3) is 0. The summed E-state index contributed by atoms with van der Waals surface area (Å²) in [5, 5.41) is 9.89. The average molecular weight is 597 g/mol. The molecule has 1 heterocycles. The van der Waals surface area contributed by atoms with E-state index in [1.54, 1.807) is 0 Å². The molecule has 1 aliphatic rings. The molecule has 9 aromatic rings. The molecule has 0 N–H and O–H groups in total. The Hall–Kier alpha value is -6.18. The lowest BCUT2D eigenvalue weighted by atomic mass is 9.83. The number of benzene rings is 9. The van der Waals surface area contributed by atoms with Gasteiger partial charge in [-0.3, -0.25) is 0 Å². The predicted octanol–water partition coefficient (Wildman–Crippen LogP) is 13.1. The zero-order valence-corrected chi connectivity index (χ0v) is 25.6. The summed E-state index contributed by atoms with van der Waals surface area (Å²) in [6, 6.07) is 61.5. The van der Waals surface area contributed by atoms with Crippen molar-refractivity contribution in [2.45, 2.75) is 0 Å². The third-order valence-electron chi connectivity index (χ3n) is 9.85. The lowest BCUT2D eigenvalue weighted by Gasteiger charge is -2.24. The lowest BCUT2D eigenvalue weighted by Crippen LogP contribution is -1.98. The van der Waals surface area contributed by atoms with Crippen LogP contribution in [-0.2, 0) is 0 Å². The SMILES string of the molecule is c1cc(-c2cccc3ccccc23)cc(-c2c3ccccc3c(-c3ccc4c5c(cccc35)-c3ccccc3O4)c3ccccc23)c1. The zero-order chi connectivity index (χ0) is 30.9. The molecule has 0 amide bonds. The van der Waals surface area contributed by atoms with Gasteiger partial charge in [0, 0.05) is 10.9 Å². The Morgan fingerprint density at radius 1 is 0.298 bits per heavy atom. The van der Waals surface area contributed by atoms with E-state index in [2.05, 4.69) is 164 Å². The molecule has 47 heavy (non-hydrogen) atoms. The molecule has 0 bridgehead atoms. The number of ether oxygens (including phenoxy) is 1. The maximum atomic E-state index is 6.47. The number of hydrogen-bond acceptors (Lipinski definition) is 1. The van der Waals surface area contributed by atoms with Crippen molar-refractivity contribution in [3.63, 3.8) is 0 Å². The second-order valence-electron chi connectivity index (χ2n) is 12.4. The van der Waals surface area contributed by atoms with Crippen molar-refractivity contribution < 1.29 is 4.74 Å². The molecule has 1 aliphatic heterocycles. The average Bonchev–Trinajstić information content (AvgIpc) is 3.14. The molecule has 0 saturated carbocycles. The number of para-hydroxylation sites is 1. The highest BCUT2D eigenvalue weighted by Crippen LogP contribution is 2.51. The normalized spacial score (nSPS) is 12.0. The van der Waals surface area contributed by atoms with Crippen LogP contribution in [0.4, 0.5) is 0 Å². The highest BCUT2D eigenvalue weighted by Gasteiger charge is 2.23. The van der Waals surface area contributed by atoms with Crippen molar-refractivity contribution in [3.05, 3.63) is 170 Å². The van der Waals surface area contributed by atoms with E-state index >= 15 is 0 Å². The summed E-state index contributed by atoms with van der Waals surface area (Å²) in [6.45, 7) is 0. The van der Waals surface area contributed by atoms with E-state index in [1.807, 2.05) is 6.07 Å².